The highest BCUT2D eigenvalue weighted by Gasteiger charge is 2.12. The van der Waals surface area contributed by atoms with Crippen molar-refractivity contribution in [2.75, 3.05) is 25.3 Å². The fourth-order valence-electron chi connectivity index (χ4n) is 1.31. The van der Waals surface area contributed by atoms with E-state index in [0.717, 1.165) is 0 Å². The SMILES string of the molecule is COC(=O)c1sccc1N.COC(=O)c1sccc1NC=O. The van der Waals surface area contributed by atoms with Gasteiger partial charge in [0.05, 0.1) is 25.6 Å². The number of methoxy groups -OCH3 is 2. The molecular weight excluding hydrogens is 328 g/mol. The molecule has 118 valence electrons. The van der Waals surface area contributed by atoms with Crippen molar-refractivity contribution >= 4 is 52.4 Å². The van der Waals surface area contributed by atoms with Gasteiger partial charge < -0.3 is 20.5 Å². The molecule has 0 aliphatic carbocycles. The van der Waals surface area contributed by atoms with Crippen LogP contribution in [0.15, 0.2) is 22.9 Å². The average molecular weight is 342 g/mol. The zero-order valence-corrected chi connectivity index (χ0v) is 13.5. The lowest BCUT2D eigenvalue weighted by molar-refractivity contribution is -0.105. The minimum absolute atomic E-state index is 0.368. The van der Waals surface area contributed by atoms with Crippen LogP contribution in [0.1, 0.15) is 19.3 Å². The number of anilines is 2. The number of nitrogen functional groups attached to an aromatic ring is 1. The van der Waals surface area contributed by atoms with E-state index in [-0.39, 0.29) is 5.97 Å². The molecule has 0 fully saturated rings. The van der Waals surface area contributed by atoms with Gasteiger partial charge in [0.1, 0.15) is 9.75 Å². The Morgan fingerprint density at radius 1 is 1.09 bits per heavy atom. The van der Waals surface area contributed by atoms with Crippen LogP contribution in [0.5, 0.6) is 0 Å². The van der Waals surface area contributed by atoms with Crippen molar-refractivity contribution in [1.82, 2.24) is 0 Å². The number of hydrogen-bond donors (Lipinski definition) is 2. The van der Waals surface area contributed by atoms with E-state index in [4.69, 9.17) is 5.73 Å². The normalized spacial score (nSPS) is 9.18. The molecule has 2 aromatic rings. The van der Waals surface area contributed by atoms with Crippen molar-refractivity contribution in [3.63, 3.8) is 0 Å². The molecule has 3 N–H and O–H groups in total. The van der Waals surface area contributed by atoms with Gasteiger partial charge in [-0.15, -0.1) is 22.7 Å². The van der Waals surface area contributed by atoms with Crippen molar-refractivity contribution in [2.45, 2.75) is 0 Å². The molecule has 0 saturated heterocycles. The Bertz CT molecular complexity index is 650. The molecule has 0 unspecified atom stereocenters. The molecule has 0 bridgehead atoms. The monoisotopic (exact) mass is 342 g/mol. The molecule has 0 aliphatic heterocycles. The van der Waals surface area contributed by atoms with E-state index in [2.05, 4.69) is 14.8 Å². The van der Waals surface area contributed by atoms with E-state index in [1.54, 1.807) is 22.9 Å². The fraction of sp³-hybridized carbons (Fsp3) is 0.154. The summed E-state index contributed by atoms with van der Waals surface area (Å²) in [5, 5.41) is 5.86. The van der Waals surface area contributed by atoms with Crippen molar-refractivity contribution in [2.24, 2.45) is 0 Å². The second-order valence-electron chi connectivity index (χ2n) is 3.61. The molecule has 2 aromatic heterocycles. The van der Waals surface area contributed by atoms with Gasteiger partial charge in [-0.1, -0.05) is 0 Å². The Morgan fingerprint density at radius 2 is 1.64 bits per heavy atom. The van der Waals surface area contributed by atoms with E-state index in [9.17, 15) is 14.4 Å². The van der Waals surface area contributed by atoms with Crippen LogP contribution < -0.4 is 11.1 Å². The van der Waals surface area contributed by atoms with Gasteiger partial charge >= 0.3 is 11.9 Å². The van der Waals surface area contributed by atoms with Crippen LogP contribution in [0.3, 0.4) is 0 Å². The summed E-state index contributed by atoms with van der Waals surface area (Å²) in [4.78, 5) is 32.8. The number of nitrogens with one attached hydrogen (secondary N) is 1. The predicted octanol–water partition coefficient (Wildman–Crippen LogP) is 2.22. The average Bonchev–Trinajstić information content (AvgIpc) is 3.15. The molecule has 0 aromatic carbocycles. The molecule has 9 heteroatoms. The van der Waals surface area contributed by atoms with Gasteiger partial charge in [-0.25, -0.2) is 9.59 Å². The number of carbonyl (C=O) groups is 3. The molecule has 0 atom stereocenters. The van der Waals surface area contributed by atoms with Gasteiger partial charge in [-0.05, 0) is 22.9 Å². The van der Waals surface area contributed by atoms with E-state index >= 15 is 0 Å². The summed E-state index contributed by atoms with van der Waals surface area (Å²) in [6, 6.07) is 3.32. The number of hydrogen-bond acceptors (Lipinski definition) is 8. The minimum Gasteiger partial charge on any atom is -0.465 e. The number of rotatable bonds is 4. The van der Waals surface area contributed by atoms with Crippen molar-refractivity contribution < 1.29 is 23.9 Å². The molecule has 2 heterocycles. The van der Waals surface area contributed by atoms with Gasteiger partial charge in [0.15, 0.2) is 0 Å². The summed E-state index contributed by atoms with van der Waals surface area (Å²) >= 11 is 2.51. The quantitative estimate of drug-likeness (QED) is 0.651. The van der Waals surface area contributed by atoms with Crippen LogP contribution >= 0.6 is 22.7 Å². The molecule has 0 spiro atoms. The third-order valence-corrected chi connectivity index (χ3v) is 4.12. The molecule has 0 aliphatic rings. The van der Waals surface area contributed by atoms with Gasteiger partial charge in [0.2, 0.25) is 6.41 Å². The smallest absolute Gasteiger partial charge is 0.350 e. The fourth-order valence-corrected chi connectivity index (χ4v) is 2.82. The van der Waals surface area contributed by atoms with Gasteiger partial charge in [0, 0.05) is 0 Å². The summed E-state index contributed by atoms with van der Waals surface area (Å²) in [6.07, 6.45) is 0.522. The lowest BCUT2D eigenvalue weighted by Gasteiger charge is -1.98. The number of nitrogens with two attached hydrogens (primary N) is 1. The second-order valence-corrected chi connectivity index (χ2v) is 5.45. The van der Waals surface area contributed by atoms with Crippen LogP contribution in [0, 0.1) is 0 Å². The maximum absolute atomic E-state index is 11.0. The number of thiophene rings is 2. The zero-order valence-electron chi connectivity index (χ0n) is 11.8. The maximum atomic E-state index is 11.0. The summed E-state index contributed by atoms with van der Waals surface area (Å²) in [7, 11) is 2.63. The minimum atomic E-state index is -0.436. The lowest BCUT2D eigenvalue weighted by Crippen LogP contribution is -2.03. The zero-order chi connectivity index (χ0) is 16.5. The van der Waals surface area contributed by atoms with E-state index in [1.807, 2.05) is 0 Å². The molecular formula is C13H14N2O5S2. The highest BCUT2D eigenvalue weighted by atomic mass is 32.1. The molecule has 0 radical (unpaired) electrons. The third kappa shape index (κ3) is 4.57. The molecule has 2 rings (SSSR count). The standard InChI is InChI=1S/C7H7NO3S.C6H7NO2S/c1-11-7(10)6-5(8-4-9)2-3-12-6;1-9-6(8)5-4(7)2-3-10-5/h2-4H,1H3,(H,8,9);2-3H,7H2,1H3. The van der Waals surface area contributed by atoms with Gasteiger partial charge in [-0.2, -0.15) is 0 Å². The van der Waals surface area contributed by atoms with Gasteiger partial charge in [-0.3, -0.25) is 4.79 Å². The summed E-state index contributed by atoms with van der Waals surface area (Å²) in [6.45, 7) is 0. The maximum Gasteiger partial charge on any atom is 0.350 e. The van der Waals surface area contributed by atoms with E-state index < -0.39 is 5.97 Å². The van der Waals surface area contributed by atoms with Crippen molar-refractivity contribution in [3.8, 4) is 0 Å². The predicted molar refractivity (Wildman–Crippen MR) is 85.4 cm³/mol. The van der Waals surface area contributed by atoms with Crippen LogP contribution in [-0.4, -0.2) is 32.6 Å². The van der Waals surface area contributed by atoms with Gasteiger partial charge in [0.25, 0.3) is 0 Å². The first-order valence-corrected chi connectivity index (χ1v) is 7.58. The highest BCUT2D eigenvalue weighted by Crippen LogP contribution is 2.22. The first-order valence-electron chi connectivity index (χ1n) is 5.82. The molecule has 1 amide bonds. The largest absolute Gasteiger partial charge is 0.465 e. The van der Waals surface area contributed by atoms with E-state index in [1.165, 1.54) is 36.9 Å². The number of ether oxygens (including phenoxy) is 2. The van der Waals surface area contributed by atoms with Crippen LogP contribution in [0.2, 0.25) is 0 Å². The Balaban J connectivity index is 0.000000224. The number of esters is 2. The molecule has 0 saturated carbocycles. The summed E-state index contributed by atoms with van der Waals surface area (Å²) in [5.41, 5.74) is 6.40. The lowest BCUT2D eigenvalue weighted by atomic mass is 10.4. The summed E-state index contributed by atoms with van der Waals surface area (Å²) in [5.74, 6) is -0.804. The first-order chi connectivity index (χ1) is 10.5. The number of carbonyl (C=O) groups excluding carboxylic acids is 3. The highest BCUT2D eigenvalue weighted by molar-refractivity contribution is 7.13. The summed E-state index contributed by atoms with van der Waals surface area (Å²) < 4.78 is 8.96. The van der Waals surface area contributed by atoms with Crippen molar-refractivity contribution in [3.05, 3.63) is 32.6 Å². The second kappa shape index (κ2) is 8.80. The van der Waals surface area contributed by atoms with Crippen molar-refractivity contribution in [1.29, 1.82) is 0 Å². The Kier molecular flexibility index (Phi) is 7.06. The Labute approximate surface area is 134 Å². The third-order valence-electron chi connectivity index (χ3n) is 2.32. The van der Waals surface area contributed by atoms with Crippen LogP contribution in [0.4, 0.5) is 11.4 Å². The topological polar surface area (TPSA) is 108 Å². The first kappa shape index (κ1) is 17.7. The molecule has 7 nitrogen and oxygen atoms in total. The van der Waals surface area contributed by atoms with E-state index in [0.29, 0.717) is 27.5 Å². The van der Waals surface area contributed by atoms with Crippen LogP contribution in [0.25, 0.3) is 0 Å². The van der Waals surface area contributed by atoms with Crippen LogP contribution in [-0.2, 0) is 14.3 Å². The Hall–Kier alpha value is -2.39. The molecule has 22 heavy (non-hydrogen) atoms. The Morgan fingerprint density at radius 3 is 2.14 bits per heavy atom. The number of amides is 1.